The van der Waals surface area contributed by atoms with Crippen molar-refractivity contribution in [3.63, 3.8) is 0 Å². The van der Waals surface area contributed by atoms with Gasteiger partial charge in [-0.25, -0.2) is 0 Å². The van der Waals surface area contributed by atoms with Crippen LogP contribution in [0.4, 0.5) is 0 Å². The summed E-state index contributed by atoms with van der Waals surface area (Å²) in [4.78, 5) is 16.7. The van der Waals surface area contributed by atoms with Crippen LogP contribution in [0.15, 0.2) is 24.4 Å². The second-order valence-corrected chi connectivity index (χ2v) is 5.96. The summed E-state index contributed by atoms with van der Waals surface area (Å²) < 4.78 is 0. The van der Waals surface area contributed by atoms with Crippen LogP contribution in [0, 0.1) is 5.41 Å². The molecule has 2 heterocycles. The minimum Gasteiger partial charge on any atom is -0.347 e. The van der Waals surface area contributed by atoms with E-state index >= 15 is 0 Å². The first-order valence-electron chi connectivity index (χ1n) is 6.95. The molecule has 0 bridgehead atoms. The van der Waals surface area contributed by atoms with E-state index in [2.05, 4.69) is 29.5 Å². The Bertz CT molecular complexity index is 430. The molecule has 2 rings (SSSR count). The Morgan fingerprint density at radius 2 is 2.32 bits per heavy atom. The van der Waals surface area contributed by atoms with Crippen LogP contribution in [0.25, 0.3) is 0 Å². The van der Waals surface area contributed by atoms with E-state index in [1.807, 2.05) is 25.1 Å². The van der Waals surface area contributed by atoms with Crippen LogP contribution in [0.5, 0.6) is 0 Å². The summed E-state index contributed by atoms with van der Waals surface area (Å²) in [6, 6.07) is 5.57. The Hall–Kier alpha value is -1.42. The van der Waals surface area contributed by atoms with Crippen LogP contribution in [0.1, 0.15) is 45.3 Å². The largest absolute Gasteiger partial charge is 0.347 e. The molecule has 1 saturated heterocycles. The zero-order chi connectivity index (χ0) is 13.9. The predicted molar refractivity (Wildman–Crippen MR) is 75.6 cm³/mol. The molecule has 2 N–H and O–H groups in total. The van der Waals surface area contributed by atoms with Gasteiger partial charge in [0.15, 0.2) is 0 Å². The fraction of sp³-hybridized carbons (Fsp3) is 0.600. The maximum atomic E-state index is 12.4. The van der Waals surface area contributed by atoms with E-state index in [0.717, 1.165) is 25.1 Å². The molecule has 2 atom stereocenters. The minimum atomic E-state index is -0.118. The molecule has 0 aliphatic carbocycles. The number of carbonyl (C=O) groups excluding carboxylic acids is 1. The topological polar surface area (TPSA) is 54.0 Å². The van der Waals surface area contributed by atoms with Crippen molar-refractivity contribution in [3.05, 3.63) is 30.1 Å². The van der Waals surface area contributed by atoms with Gasteiger partial charge in [-0.2, -0.15) is 0 Å². The van der Waals surface area contributed by atoms with Crippen LogP contribution >= 0.6 is 0 Å². The summed E-state index contributed by atoms with van der Waals surface area (Å²) in [5.41, 5.74) is 0.899. The standard InChI is InChI=1S/C15H23N3O/c1-11(12-7-4-5-9-16-12)18-14(19)13-15(2,3)8-6-10-17-13/h4-5,7,9,11,13,17H,6,8,10H2,1-3H3,(H,18,19)/t11-,13?/m0/s1. The number of amides is 1. The lowest BCUT2D eigenvalue weighted by Gasteiger charge is -2.38. The van der Waals surface area contributed by atoms with E-state index in [-0.39, 0.29) is 23.4 Å². The average Bonchev–Trinajstić information content (AvgIpc) is 2.39. The summed E-state index contributed by atoms with van der Waals surface area (Å²) >= 11 is 0. The fourth-order valence-corrected chi connectivity index (χ4v) is 2.66. The fourth-order valence-electron chi connectivity index (χ4n) is 2.66. The van der Waals surface area contributed by atoms with Gasteiger partial charge in [0, 0.05) is 6.20 Å². The molecule has 1 aromatic rings. The zero-order valence-corrected chi connectivity index (χ0v) is 11.9. The summed E-state index contributed by atoms with van der Waals surface area (Å²) in [5.74, 6) is 0.0721. The molecule has 0 aromatic carbocycles. The van der Waals surface area contributed by atoms with Crippen molar-refractivity contribution in [1.82, 2.24) is 15.6 Å². The maximum Gasteiger partial charge on any atom is 0.238 e. The lowest BCUT2D eigenvalue weighted by Crippen LogP contribution is -2.55. The highest BCUT2D eigenvalue weighted by Gasteiger charge is 2.37. The van der Waals surface area contributed by atoms with Gasteiger partial charge in [0.25, 0.3) is 0 Å². The molecule has 0 spiro atoms. The average molecular weight is 261 g/mol. The smallest absolute Gasteiger partial charge is 0.238 e. The number of carbonyl (C=O) groups is 1. The highest BCUT2D eigenvalue weighted by Crippen LogP contribution is 2.30. The second kappa shape index (κ2) is 5.70. The first kappa shape index (κ1) is 14.0. The Kier molecular flexibility index (Phi) is 4.20. The molecule has 1 amide bonds. The minimum absolute atomic E-state index is 0.00612. The molecular weight excluding hydrogens is 238 g/mol. The molecule has 0 saturated carbocycles. The van der Waals surface area contributed by atoms with Crippen LogP contribution in [0.2, 0.25) is 0 Å². The molecule has 1 aromatic heterocycles. The van der Waals surface area contributed by atoms with E-state index in [0.29, 0.717) is 0 Å². The van der Waals surface area contributed by atoms with Gasteiger partial charge in [-0.1, -0.05) is 19.9 Å². The van der Waals surface area contributed by atoms with Gasteiger partial charge in [-0.3, -0.25) is 9.78 Å². The summed E-state index contributed by atoms with van der Waals surface area (Å²) in [6.45, 7) is 7.18. The van der Waals surface area contributed by atoms with Gasteiger partial charge in [0.2, 0.25) is 5.91 Å². The van der Waals surface area contributed by atoms with Gasteiger partial charge >= 0.3 is 0 Å². The third-order valence-electron chi connectivity index (χ3n) is 3.88. The van der Waals surface area contributed by atoms with E-state index in [1.165, 1.54) is 0 Å². The van der Waals surface area contributed by atoms with Crippen molar-refractivity contribution >= 4 is 5.91 Å². The number of nitrogens with one attached hydrogen (secondary N) is 2. The first-order valence-corrected chi connectivity index (χ1v) is 6.95. The van der Waals surface area contributed by atoms with Gasteiger partial charge in [0.1, 0.15) is 0 Å². The van der Waals surface area contributed by atoms with Crippen molar-refractivity contribution in [2.45, 2.75) is 45.7 Å². The normalized spacial score (nSPS) is 23.6. The van der Waals surface area contributed by atoms with Crippen molar-refractivity contribution in [2.24, 2.45) is 5.41 Å². The van der Waals surface area contributed by atoms with E-state index in [1.54, 1.807) is 6.20 Å². The number of nitrogens with zero attached hydrogens (tertiary/aromatic N) is 1. The summed E-state index contributed by atoms with van der Waals surface area (Å²) in [7, 11) is 0. The molecule has 1 aliphatic heterocycles. The molecule has 4 nitrogen and oxygen atoms in total. The lowest BCUT2D eigenvalue weighted by molar-refractivity contribution is -0.127. The Balaban J connectivity index is 2.01. The number of pyridine rings is 1. The van der Waals surface area contributed by atoms with Gasteiger partial charge in [0.05, 0.1) is 17.8 Å². The third-order valence-corrected chi connectivity index (χ3v) is 3.88. The molecule has 1 fully saturated rings. The highest BCUT2D eigenvalue weighted by atomic mass is 16.2. The first-order chi connectivity index (χ1) is 9.00. The Morgan fingerprint density at radius 1 is 1.53 bits per heavy atom. The van der Waals surface area contributed by atoms with E-state index < -0.39 is 0 Å². The van der Waals surface area contributed by atoms with Crippen LogP contribution in [-0.4, -0.2) is 23.5 Å². The second-order valence-electron chi connectivity index (χ2n) is 5.96. The highest BCUT2D eigenvalue weighted by molar-refractivity contribution is 5.83. The van der Waals surface area contributed by atoms with Gasteiger partial charge in [-0.05, 0) is 43.9 Å². The predicted octanol–water partition coefficient (Wildman–Crippen LogP) is 2.04. The number of hydrogen-bond donors (Lipinski definition) is 2. The molecule has 1 aliphatic rings. The molecular formula is C15H23N3O. The molecule has 0 radical (unpaired) electrons. The number of piperidine rings is 1. The summed E-state index contributed by atoms with van der Waals surface area (Å²) in [5, 5.41) is 6.39. The lowest BCUT2D eigenvalue weighted by atomic mass is 9.77. The van der Waals surface area contributed by atoms with Crippen molar-refractivity contribution in [2.75, 3.05) is 6.54 Å². The monoisotopic (exact) mass is 261 g/mol. The van der Waals surface area contributed by atoms with Gasteiger partial charge in [-0.15, -0.1) is 0 Å². The number of rotatable bonds is 3. The molecule has 4 heteroatoms. The van der Waals surface area contributed by atoms with Crippen LogP contribution in [0.3, 0.4) is 0 Å². The SMILES string of the molecule is C[C@H](NC(=O)C1NCCCC1(C)C)c1ccccn1. The number of hydrogen-bond acceptors (Lipinski definition) is 3. The van der Waals surface area contributed by atoms with Crippen LogP contribution < -0.4 is 10.6 Å². The zero-order valence-electron chi connectivity index (χ0n) is 11.9. The third kappa shape index (κ3) is 3.32. The summed E-state index contributed by atoms with van der Waals surface area (Å²) in [6.07, 6.45) is 3.96. The molecule has 1 unspecified atom stereocenters. The van der Waals surface area contributed by atoms with Crippen molar-refractivity contribution in [3.8, 4) is 0 Å². The van der Waals surface area contributed by atoms with Crippen molar-refractivity contribution in [1.29, 1.82) is 0 Å². The molecule has 19 heavy (non-hydrogen) atoms. The van der Waals surface area contributed by atoms with Crippen molar-refractivity contribution < 1.29 is 4.79 Å². The molecule has 104 valence electrons. The van der Waals surface area contributed by atoms with E-state index in [4.69, 9.17) is 0 Å². The quantitative estimate of drug-likeness (QED) is 0.875. The Labute approximate surface area is 115 Å². The number of aromatic nitrogens is 1. The maximum absolute atomic E-state index is 12.4. The Morgan fingerprint density at radius 3 is 2.95 bits per heavy atom. The van der Waals surface area contributed by atoms with Gasteiger partial charge < -0.3 is 10.6 Å². The van der Waals surface area contributed by atoms with E-state index in [9.17, 15) is 4.79 Å². The van der Waals surface area contributed by atoms with Crippen LogP contribution in [-0.2, 0) is 4.79 Å².